The molecule has 2 aliphatic rings. The number of rotatable bonds is 2. The Labute approximate surface area is 85.6 Å². The van der Waals surface area contributed by atoms with E-state index in [0.29, 0.717) is 17.8 Å². The minimum atomic E-state index is -0.209. The first-order valence-corrected chi connectivity index (χ1v) is 5.65. The highest BCUT2D eigenvalue weighted by atomic mass is 16.3. The van der Waals surface area contributed by atoms with Crippen LogP contribution < -0.4 is 0 Å². The molecule has 0 saturated carbocycles. The van der Waals surface area contributed by atoms with Crippen molar-refractivity contribution in [2.45, 2.75) is 39.2 Å². The van der Waals surface area contributed by atoms with Crippen LogP contribution in [0.4, 0.5) is 0 Å². The van der Waals surface area contributed by atoms with Crippen LogP contribution in [-0.4, -0.2) is 22.9 Å². The molecule has 0 radical (unpaired) electrons. The fraction of sp³-hybridized carbons (Fsp3) is 0.833. The summed E-state index contributed by atoms with van der Waals surface area (Å²) in [5, 5.41) is 18.8. The highest BCUT2D eigenvalue weighted by Crippen LogP contribution is 2.49. The van der Waals surface area contributed by atoms with E-state index in [0.717, 1.165) is 19.3 Å². The molecular weight excluding hydrogens is 176 g/mol. The summed E-state index contributed by atoms with van der Waals surface area (Å²) in [6.45, 7) is 4.38. The van der Waals surface area contributed by atoms with Gasteiger partial charge in [0.15, 0.2) is 0 Å². The standard InChI is InChI=1S/C12H20O2/c1-7-11(8(2)14)4-3-9-5-10(6-13)12(7)9/h7-8,10-11,13-14H,3-6H2,1-2H3/t7-,8?,10+,11-/m1/s1. The number of hydrogen-bond acceptors (Lipinski definition) is 2. The van der Waals surface area contributed by atoms with Crippen LogP contribution in [0.2, 0.25) is 0 Å². The molecule has 0 amide bonds. The summed E-state index contributed by atoms with van der Waals surface area (Å²) in [5.41, 5.74) is 3.03. The molecule has 2 rings (SSSR count). The van der Waals surface area contributed by atoms with Crippen LogP contribution in [-0.2, 0) is 0 Å². The average Bonchev–Trinajstić information content (AvgIpc) is 2.07. The van der Waals surface area contributed by atoms with Crippen molar-refractivity contribution in [3.63, 3.8) is 0 Å². The lowest BCUT2D eigenvalue weighted by Gasteiger charge is -2.44. The van der Waals surface area contributed by atoms with Crippen molar-refractivity contribution in [2.75, 3.05) is 6.61 Å². The third-order valence-corrected chi connectivity index (χ3v) is 4.09. The van der Waals surface area contributed by atoms with Gasteiger partial charge in [-0.05, 0) is 38.0 Å². The largest absolute Gasteiger partial charge is 0.396 e. The topological polar surface area (TPSA) is 40.5 Å². The smallest absolute Gasteiger partial charge is 0.0546 e. The summed E-state index contributed by atoms with van der Waals surface area (Å²) in [6.07, 6.45) is 3.16. The Bertz CT molecular complexity index is 255. The van der Waals surface area contributed by atoms with Gasteiger partial charge in [0.2, 0.25) is 0 Å². The molecular formula is C12H20O2. The molecule has 0 saturated heterocycles. The number of hydrogen-bond donors (Lipinski definition) is 2. The fourth-order valence-electron chi connectivity index (χ4n) is 3.27. The third-order valence-electron chi connectivity index (χ3n) is 4.09. The van der Waals surface area contributed by atoms with Crippen molar-refractivity contribution in [2.24, 2.45) is 17.8 Å². The van der Waals surface area contributed by atoms with Crippen LogP contribution in [0.1, 0.15) is 33.1 Å². The second kappa shape index (κ2) is 3.67. The molecule has 0 bridgehead atoms. The molecule has 80 valence electrons. The summed E-state index contributed by atoms with van der Waals surface area (Å²) in [7, 11) is 0. The lowest BCUT2D eigenvalue weighted by Crippen LogP contribution is -2.37. The average molecular weight is 196 g/mol. The SMILES string of the molecule is CC(O)[C@@H]1CCC2=C([C@H](CO)C2)[C@@H]1C. The summed E-state index contributed by atoms with van der Waals surface area (Å²) >= 11 is 0. The van der Waals surface area contributed by atoms with E-state index < -0.39 is 0 Å². The van der Waals surface area contributed by atoms with E-state index in [1.54, 1.807) is 5.57 Å². The van der Waals surface area contributed by atoms with Crippen molar-refractivity contribution < 1.29 is 10.2 Å². The van der Waals surface area contributed by atoms with E-state index >= 15 is 0 Å². The van der Waals surface area contributed by atoms with Crippen molar-refractivity contribution >= 4 is 0 Å². The summed E-state index contributed by atoms with van der Waals surface area (Å²) in [5.74, 6) is 1.29. The van der Waals surface area contributed by atoms with Crippen LogP contribution in [0.3, 0.4) is 0 Å². The van der Waals surface area contributed by atoms with Crippen molar-refractivity contribution in [1.82, 2.24) is 0 Å². The number of allylic oxidation sites excluding steroid dienone is 1. The number of aliphatic hydroxyl groups is 2. The summed E-state index contributed by atoms with van der Waals surface area (Å²) in [4.78, 5) is 0. The van der Waals surface area contributed by atoms with E-state index in [-0.39, 0.29) is 12.7 Å². The zero-order chi connectivity index (χ0) is 10.3. The maximum atomic E-state index is 9.65. The maximum Gasteiger partial charge on any atom is 0.0546 e. The lowest BCUT2D eigenvalue weighted by atomic mass is 9.62. The molecule has 0 aromatic rings. The quantitative estimate of drug-likeness (QED) is 0.660. The molecule has 1 unspecified atom stereocenters. The summed E-state index contributed by atoms with van der Waals surface area (Å²) in [6, 6.07) is 0. The molecule has 0 aromatic heterocycles. The molecule has 2 nitrogen and oxygen atoms in total. The molecule has 0 heterocycles. The monoisotopic (exact) mass is 196 g/mol. The second-order valence-corrected chi connectivity index (χ2v) is 4.87. The molecule has 2 N–H and O–H groups in total. The Morgan fingerprint density at radius 2 is 2.21 bits per heavy atom. The van der Waals surface area contributed by atoms with Crippen molar-refractivity contribution in [1.29, 1.82) is 0 Å². The van der Waals surface area contributed by atoms with Crippen molar-refractivity contribution in [3.8, 4) is 0 Å². The third kappa shape index (κ3) is 1.41. The van der Waals surface area contributed by atoms with E-state index in [1.165, 1.54) is 5.57 Å². The van der Waals surface area contributed by atoms with Gasteiger partial charge in [-0.15, -0.1) is 0 Å². The molecule has 0 spiro atoms. The highest BCUT2D eigenvalue weighted by Gasteiger charge is 2.39. The van der Waals surface area contributed by atoms with E-state index in [9.17, 15) is 10.2 Å². The minimum absolute atomic E-state index is 0.209. The van der Waals surface area contributed by atoms with Gasteiger partial charge in [0.25, 0.3) is 0 Å². The first-order chi connectivity index (χ1) is 6.65. The second-order valence-electron chi connectivity index (χ2n) is 4.87. The molecule has 0 fully saturated rings. The van der Waals surface area contributed by atoms with Gasteiger partial charge in [0.05, 0.1) is 6.10 Å². The lowest BCUT2D eigenvalue weighted by molar-refractivity contribution is 0.0771. The van der Waals surface area contributed by atoms with Crippen LogP contribution in [0.25, 0.3) is 0 Å². The Balaban J connectivity index is 2.14. The first-order valence-electron chi connectivity index (χ1n) is 5.65. The van der Waals surface area contributed by atoms with E-state index in [2.05, 4.69) is 6.92 Å². The zero-order valence-electron chi connectivity index (χ0n) is 9.03. The predicted octanol–water partition coefficient (Wildman–Crippen LogP) is 1.72. The normalized spacial score (nSPS) is 39.0. The number of aliphatic hydroxyl groups excluding tert-OH is 2. The molecule has 0 aliphatic heterocycles. The van der Waals surface area contributed by atoms with Crippen LogP contribution >= 0.6 is 0 Å². The molecule has 2 heteroatoms. The first kappa shape index (κ1) is 10.2. The molecule has 14 heavy (non-hydrogen) atoms. The summed E-state index contributed by atoms with van der Waals surface area (Å²) < 4.78 is 0. The predicted molar refractivity (Wildman–Crippen MR) is 55.8 cm³/mol. The van der Waals surface area contributed by atoms with Crippen LogP contribution in [0.5, 0.6) is 0 Å². The maximum absolute atomic E-state index is 9.65. The van der Waals surface area contributed by atoms with Crippen molar-refractivity contribution in [3.05, 3.63) is 11.1 Å². The van der Waals surface area contributed by atoms with E-state index in [1.807, 2.05) is 6.92 Å². The molecule has 0 aromatic carbocycles. The van der Waals surface area contributed by atoms with Crippen LogP contribution in [0.15, 0.2) is 11.1 Å². The fourth-order valence-corrected chi connectivity index (χ4v) is 3.27. The van der Waals surface area contributed by atoms with Gasteiger partial charge in [-0.1, -0.05) is 18.1 Å². The van der Waals surface area contributed by atoms with Crippen LogP contribution in [0, 0.1) is 17.8 Å². The van der Waals surface area contributed by atoms with E-state index in [4.69, 9.17) is 0 Å². The Kier molecular flexibility index (Phi) is 2.67. The Morgan fingerprint density at radius 3 is 2.79 bits per heavy atom. The Morgan fingerprint density at radius 1 is 1.50 bits per heavy atom. The molecule has 2 aliphatic carbocycles. The molecule has 4 atom stereocenters. The van der Waals surface area contributed by atoms with Gasteiger partial charge < -0.3 is 10.2 Å². The van der Waals surface area contributed by atoms with Gasteiger partial charge in [-0.3, -0.25) is 0 Å². The van der Waals surface area contributed by atoms with Gasteiger partial charge in [0, 0.05) is 12.5 Å². The Hall–Kier alpha value is -0.340. The zero-order valence-corrected chi connectivity index (χ0v) is 9.03. The van der Waals surface area contributed by atoms with Gasteiger partial charge in [-0.2, -0.15) is 0 Å². The van der Waals surface area contributed by atoms with Gasteiger partial charge in [-0.25, -0.2) is 0 Å². The minimum Gasteiger partial charge on any atom is -0.396 e. The van der Waals surface area contributed by atoms with Gasteiger partial charge >= 0.3 is 0 Å². The highest BCUT2D eigenvalue weighted by molar-refractivity contribution is 5.33. The van der Waals surface area contributed by atoms with Gasteiger partial charge in [0.1, 0.15) is 0 Å².